The van der Waals surface area contributed by atoms with Crippen molar-refractivity contribution in [1.29, 1.82) is 5.26 Å². The van der Waals surface area contributed by atoms with E-state index in [4.69, 9.17) is 4.74 Å². The van der Waals surface area contributed by atoms with E-state index in [1.807, 2.05) is 13.0 Å². The first kappa shape index (κ1) is 16.4. The molecule has 0 unspecified atom stereocenters. The van der Waals surface area contributed by atoms with Crippen molar-refractivity contribution >= 4 is 11.6 Å². The number of amides is 1. The molecule has 1 saturated carbocycles. The van der Waals surface area contributed by atoms with E-state index < -0.39 is 0 Å². The van der Waals surface area contributed by atoms with Gasteiger partial charge in [-0.15, -0.1) is 0 Å². The molecule has 0 aromatic heterocycles. The zero-order chi connectivity index (χ0) is 16.0. The quantitative estimate of drug-likeness (QED) is 0.799. The van der Waals surface area contributed by atoms with Crippen LogP contribution in [-0.2, 0) is 4.79 Å². The lowest BCUT2D eigenvalue weighted by molar-refractivity contribution is -0.124. The Morgan fingerprint density at radius 3 is 2.77 bits per heavy atom. The Kier molecular flexibility index (Phi) is 5.43. The third kappa shape index (κ3) is 3.79. The minimum Gasteiger partial charge on any atom is -0.494 e. The highest BCUT2D eigenvalue weighted by molar-refractivity contribution is 5.96. The summed E-state index contributed by atoms with van der Waals surface area (Å²) < 4.78 is 5.60. The number of hydrogen-bond acceptors (Lipinski definition) is 3. The summed E-state index contributed by atoms with van der Waals surface area (Å²) in [7, 11) is 0. The van der Waals surface area contributed by atoms with Gasteiger partial charge in [0.25, 0.3) is 0 Å². The molecular weight excluding hydrogens is 276 g/mol. The highest BCUT2D eigenvalue weighted by Crippen LogP contribution is 2.38. The van der Waals surface area contributed by atoms with Gasteiger partial charge >= 0.3 is 0 Å². The van der Waals surface area contributed by atoms with Crippen LogP contribution in [0.3, 0.4) is 0 Å². The second-order valence-corrected chi connectivity index (χ2v) is 6.24. The fraction of sp³-hybridized carbons (Fsp3) is 0.556. The standard InChI is InChI=1S/C18H24N2O2/c1-3-4-11-22-15-7-8-16(14(12-15)13-19)20-17(21)18(2)9-5-6-10-18/h7-8,12H,3-6,9-11H2,1-2H3,(H,20,21). The average molecular weight is 300 g/mol. The molecule has 1 N–H and O–H groups in total. The number of anilines is 1. The Morgan fingerprint density at radius 1 is 1.41 bits per heavy atom. The number of nitrogens with zero attached hydrogens (tertiary/aromatic N) is 1. The van der Waals surface area contributed by atoms with E-state index in [9.17, 15) is 10.1 Å². The normalized spacial score (nSPS) is 16.0. The van der Waals surface area contributed by atoms with Gasteiger partial charge in [0.15, 0.2) is 0 Å². The number of nitrogens with one attached hydrogen (secondary N) is 1. The molecule has 1 aromatic carbocycles. The fourth-order valence-corrected chi connectivity index (χ4v) is 2.80. The molecule has 1 amide bonds. The van der Waals surface area contributed by atoms with Crippen LogP contribution in [0.2, 0.25) is 0 Å². The highest BCUT2D eigenvalue weighted by Gasteiger charge is 2.36. The van der Waals surface area contributed by atoms with E-state index in [2.05, 4.69) is 18.3 Å². The van der Waals surface area contributed by atoms with Gasteiger partial charge in [0, 0.05) is 5.41 Å². The van der Waals surface area contributed by atoms with Gasteiger partial charge in [0.05, 0.1) is 17.9 Å². The molecule has 0 aliphatic heterocycles. The maximum absolute atomic E-state index is 12.4. The van der Waals surface area contributed by atoms with Crippen LogP contribution in [0.5, 0.6) is 5.75 Å². The number of unbranched alkanes of at least 4 members (excludes halogenated alkanes) is 1. The predicted molar refractivity (Wildman–Crippen MR) is 86.8 cm³/mol. The summed E-state index contributed by atoms with van der Waals surface area (Å²) in [6, 6.07) is 7.41. The van der Waals surface area contributed by atoms with Crippen molar-refractivity contribution in [3.63, 3.8) is 0 Å². The van der Waals surface area contributed by atoms with Gasteiger partial charge in [-0.05, 0) is 37.5 Å². The molecule has 1 fully saturated rings. The molecule has 1 aliphatic rings. The third-order valence-corrected chi connectivity index (χ3v) is 4.38. The number of hydrogen-bond donors (Lipinski definition) is 1. The number of nitriles is 1. The van der Waals surface area contributed by atoms with Crippen molar-refractivity contribution in [2.75, 3.05) is 11.9 Å². The van der Waals surface area contributed by atoms with Crippen LogP contribution in [0, 0.1) is 16.7 Å². The van der Waals surface area contributed by atoms with Gasteiger partial charge in [-0.2, -0.15) is 5.26 Å². The van der Waals surface area contributed by atoms with Crippen molar-refractivity contribution in [1.82, 2.24) is 0 Å². The van der Waals surface area contributed by atoms with Gasteiger partial charge in [-0.25, -0.2) is 0 Å². The Bertz CT molecular complexity index is 569. The molecule has 0 bridgehead atoms. The molecule has 0 heterocycles. The first-order valence-electron chi connectivity index (χ1n) is 8.07. The lowest BCUT2D eigenvalue weighted by Gasteiger charge is -2.22. The van der Waals surface area contributed by atoms with E-state index in [0.717, 1.165) is 38.5 Å². The average Bonchev–Trinajstić information content (AvgIpc) is 2.97. The number of rotatable bonds is 6. The Morgan fingerprint density at radius 2 is 2.14 bits per heavy atom. The van der Waals surface area contributed by atoms with Crippen LogP contribution in [-0.4, -0.2) is 12.5 Å². The molecule has 0 spiro atoms. The molecule has 0 radical (unpaired) electrons. The van der Waals surface area contributed by atoms with Crippen LogP contribution < -0.4 is 10.1 Å². The lowest BCUT2D eigenvalue weighted by atomic mass is 9.87. The molecule has 4 nitrogen and oxygen atoms in total. The first-order chi connectivity index (χ1) is 10.6. The molecule has 22 heavy (non-hydrogen) atoms. The van der Waals surface area contributed by atoms with E-state index in [1.165, 1.54) is 0 Å². The summed E-state index contributed by atoms with van der Waals surface area (Å²) in [5, 5.41) is 12.2. The monoisotopic (exact) mass is 300 g/mol. The van der Waals surface area contributed by atoms with Crippen molar-refractivity contribution in [2.24, 2.45) is 5.41 Å². The van der Waals surface area contributed by atoms with Crippen LogP contribution >= 0.6 is 0 Å². The van der Waals surface area contributed by atoms with Gasteiger partial charge in [0.1, 0.15) is 11.8 Å². The van der Waals surface area contributed by atoms with Crippen LogP contribution in [0.4, 0.5) is 5.69 Å². The Hall–Kier alpha value is -2.02. The molecule has 4 heteroatoms. The topological polar surface area (TPSA) is 62.1 Å². The SMILES string of the molecule is CCCCOc1ccc(NC(=O)C2(C)CCCC2)c(C#N)c1. The van der Waals surface area contributed by atoms with Crippen LogP contribution in [0.1, 0.15) is 57.9 Å². The Labute approximate surface area is 132 Å². The van der Waals surface area contributed by atoms with Crippen molar-refractivity contribution in [2.45, 2.75) is 52.4 Å². The Balaban J connectivity index is 2.07. The van der Waals surface area contributed by atoms with Crippen molar-refractivity contribution < 1.29 is 9.53 Å². The van der Waals surface area contributed by atoms with E-state index >= 15 is 0 Å². The largest absolute Gasteiger partial charge is 0.494 e. The highest BCUT2D eigenvalue weighted by atomic mass is 16.5. The summed E-state index contributed by atoms with van der Waals surface area (Å²) in [6.07, 6.45) is 6.08. The van der Waals surface area contributed by atoms with Gasteiger partial charge < -0.3 is 10.1 Å². The first-order valence-corrected chi connectivity index (χ1v) is 8.07. The second-order valence-electron chi connectivity index (χ2n) is 6.24. The number of carbonyl (C=O) groups is 1. The van der Waals surface area contributed by atoms with Gasteiger partial charge in [0.2, 0.25) is 5.91 Å². The summed E-state index contributed by atoms with van der Waals surface area (Å²) in [6.45, 7) is 4.75. The second kappa shape index (κ2) is 7.31. The molecular formula is C18H24N2O2. The minimum absolute atomic E-state index is 0.0150. The fourth-order valence-electron chi connectivity index (χ4n) is 2.80. The summed E-state index contributed by atoms with van der Waals surface area (Å²) in [4.78, 5) is 12.4. The maximum Gasteiger partial charge on any atom is 0.230 e. The van der Waals surface area contributed by atoms with E-state index in [1.54, 1.807) is 12.1 Å². The number of carbonyl (C=O) groups excluding carboxylic acids is 1. The maximum atomic E-state index is 12.4. The van der Waals surface area contributed by atoms with Crippen molar-refractivity contribution in [3.05, 3.63) is 23.8 Å². The molecule has 118 valence electrons. The molecule has 1 aromatic rings. The zero-order valence-electron chi connectivity index (χ0n) is 13.4. The summed E-state index contributed by atoms with van der Waals surface area (Å²) in [5.74, 6) is 0.691. The summed E-state index contributed by atoms with van der Waals surface area (Å²) >= 11 is 0. The van der Waals surface area contributed by atoms with E-state index in [-0.39, 0.29) is 11.3 Å². The minimum atomic E-state index is -0.303. The van der Waals surface area contributed by atoms with Crippen LogP contribution in [0.25, 0.3) is 0 Å². The molecule has 0 atom stereocenters. The third-order valence-electron chi connectivity index (χ3n) is 4.38. The van der Waals surface area contributed by atoms with Crippen LogP contribution in [0.15, 0.2) is 18.2 Å². The number of benzene rings is 1. The smallest absolute Gasteiger partial charge is 0.230 e. The lowest BCUT2D eigenvalue weighted by Crippen LogP contribution is -2.31. The van der Waals surface area contributed by atoms with E-state index in [0.29, 0.717) is 23.6 Å². The predicted octanol–water partition coefficient (Wildman–Crippen LogP) is 4.26. The van der Waals surface area contributed by atoms with Gasteiger partial charge in [-0.1, -0.05) is 33.1 Å². The van der Waals surface area contributed by atoms with Crippen molar-refractivity contribution in [3.8, 4) is 11.8 Å². The molecule has 2 rings (SSSR count). The van der Waals surface area contributed by atoms with Gasteiger partial charge in [-0.3, -0.25) is 4.79 Å². The molecule has 0 saturated heterocycles. The zero-order valence-corrected chi connectivity index (χ0v) is 13.4. The summed E-state index contributed by atoms with van der Waals surface area (Å²) in [5.41, 5.74) is 0.718. The molecule has 1 aliphatic carbocycles. The number of ether oxygens (including phenoxy) is 1.